The fraction of sp³-hybridized carbons (Fsp3) is 0.722. The van der Waals surface area contributed by atoms with Crippen molar-refractivity contribution in [1.82, 2.24) is 24.9 Å². The Morgan fingerprint density at radius 2 is 2.04 bits per heavy atom. The van der Waals surface area contributed by atoms with E-state index in [1.54, 1.807) is 6.20 Å². The van der Waals surface area contributed by atoms with Crippen molar-refractivity contribution >= 4 is 24.2 Å². The molecule has 0 aliphatic carbocycles. The maximum absolute atomic E-state index is 13.0. The first kappa shape index (κ1) is 20.7. The number of halogens is 1. The number of piperidine rings is 1. The summed E-state index contributed by atoms with van der Waals surface area (Å²) < 4.78 is 1.90. The van der Waals surface area contributed by atoms with Crippen molar-refractivity contribution in [1.29, 1.82) is 0 Å². The quantitative estimate of drug-likeness (QED) is 0.838. The Bertz CT molecular complexity index is 667. The van der Waals surface area contributed by atoms with E-state index in [4.69, 9.17) is 0 Å². The molecule has 7 nitrogen and oxygen atoms in total. The van der Waals surface area contributed by atoms with Crippen LogP contribution in [-0.2, 0) is 10.3 Å². The van der Waals surface area contributed by atoms with Gasteiger partial charge in [-0.2, -0.15) is 5.10 Å². The molecule has 0 saturated carbocycles. The fourth-order valence-corrected chi connectivity index (χ4v) is 3.87. The number of piperazine rings is 1. The number of aromatic nitrogens is 2. The number of nitrogens with one attached hydrogen (secondary N) is 1. The van der Waals surface area contributed by atoms with Gasteiger partial charge < -0.3 is 15.1 Å². The van der Waals surface area contributed by atoms with Crippen LogP contribution in [0.3, 0.4) is 0 Å². The highest BCUT2D eigenvalue weighted by Crippen LogP contribution is 2.22. The van der Waals surface area contributed by atoms with E-state index in [2.05, 4.69) is 31.2 Å². The van der Waals surface area contributed by atoms with Crippen LogP contribution in [0.1, 0.15) is 49.7 Å². The number of nitrogens with zero attached hydrogens (tertiary/aromatic N) is 4. The molecule has 2 amide bonds. The highest BCUT2D eigenvalue weighted by atomic mass is 35.5. The minimum absolute atomic E-state index is 0. The minimum Gasteiger partial charge on any atom is -0.336 e. The SMILES string of the molecule is Cc1c(C(=O)N2CCCC(N3CCNCC3=O)C2)cnn1C(C)(C)C.Cl. The molecule has 2 aliphatic heterocycles. The summed E-state index contributed by atoms with van der Waals surface area (Å²) in [6.07, 6.45) is 3.58. The third-order valence-corrected chi connectivity index (χ3v) is 5.13. The molecule has 146 valence electrons. The number of carbonyl (C=O) groups is 2. The normalized spacial score (nSPS) is 21.5. The van der Waals surface area contributed by atoms with Gasteiger partial charge in [-0.25, -0.2) is 0 Å². The lowest BCUT2D eigenvalue weighted by molar-refractivity contribution is -0.135. The zero-order valence-electron chi connectivity index (χ0n) is 16.1. The summed E-state index contributed by atoms with van der Waals surface area (Å²) in [6.45, 7) is 11.5. The first-order valence-corrected chi connectivity index (χ1v) is 9.13. The Labute approximate surface area is 161 Å². The minimum atomic E-state index is -0.153. The first-order valence-electron chi connectivity index (χ1n) is 9.13. The van der Waals surface area contributed by atoms with Gasteiger partial charge in [-0.3, -0.25) is 14.3 Å². The largest absolute Gasteiger partial charge is 0.336 e. The van der Waals surface area contributed by atoms with Crippen LogP contribution < -0.4 is 5.32 Å². The summed E-state index contributed by atoms with van der Waals surface area (Å²) in [5, 5.41) is 7.53. The zero-order chi connectivity index (χ0) is 18.2. The lowest BCUT2D eigenvalue weighted by Gasteiger charge is -2.41. The number of carbonyl (C=O) groups excluding carboxylic acids is 2. The van der Waals surface area contributed by atoms with E-state index in [1.165, 1.54) is 0 Å². The molecule has 2 fully saturated rings. The molecule has 1 atom stereocenters. The molecule has 26 heavy (non-hydrogen) atoms. The second-order valence-corrected chi connectivity index (χ2v) is 8.04. The van der Waals surface area contributed by atoms with Gasteiger partial charge in [0.1, 0.15) is 0 Å². The van der Waals surface area contributed by atoms with Crippen LogP contribution in [0.25, 0.3) is 0 Å². The van der Waals surface area contributed by atoms with E-state index < -0.39 is 0 Å². The van der Waals surface area contributed by atoms with E-state index in [0.717, 1.165) is 38.2 Å². The average Bonchev–Trinajstić information content (AvgIpc) is 2.96. The van der Waals surface area contributed by atoms with Crippen LogP contribution in [-0.4, -0.2) is 70.2 Å². The van der Waals surface area contributed by atoms with Crippen LogP contribution in [0.4, 0.5) is 0 Å². The lowest BCUT2D eigenvalue weighted by Crippen LogP contribution is -2.57. The van der Waals surface area contributed by atoms with Crippen molar-refractivity contribution in [3.8, 4) is 0 Å². The van der Waals surface area contributed by atoms with Gasteiger partial charge in [0.25, 0.3) is 5.91 Å². The molecular formula is C18H30ClN5O2. The zero-order valence-corrected chi connectivity index (χ0v) is 16.9. The predicted octanol–water partition coefficient (Wildman–Crippen LogP) is 1.40. The van der Waals surface area contributed by atoms with E-state index in [0.29, 0.717) is 18.7 Å². The first-order chi connectivity index (χ1) is 11.8. The molecule has 1 aromatic rings. The van der Waals surface area contributed by atoms with E-state index >= 15 is 0 Å². The predicted molar refractivity (Wildman–Crippen MR) is 103 cm³/mol. The third-order valence-electron chi connectivity index (χ3n) is 5.13. The summed E-state index contributed by atoms with van der Waals surface area (Å²) in [5.74, 6) is 0.169. The molecule has 0 bridgehead atoms. The summed E-state index contributed by atoms with van der Waals surface area (Å²) >= 11 is 0. The summed E-state index contributed by atoms with van der Waals surface area (Å²) in [5.41, 5.74) is 1.42. The highest BCUT2D eigenvalue weighted by molar-refractivity contribution is 5.95. The molecule has 2 saturated heterocycles. The van der Waals surface area contributed by atoms with Gasteiger partial charge in [0.15, 0.2) is 0 Å². The molecule has 1 aromatic heterocycles. The van der Waals surface area contributed by atoms with Gasteiger partial charge in [-0.15, -0.1) is 12.4 Å². The molecule has 8 heteroatoms. The standard InChI is InChI=1S/C18H29N5O2.ClH/c1-13-15(10-20-23(13)18(2,3)4)17(25)21-8-5-6-14(12-21)22-9-7-19-11-16(22)24;/h10,14,19H,5-9,11-12H2,1-4H3;1H. The Balaban J connectivity index is 0.00000243. The lowest BCUT2D eigenvalue weighted by atomic mass is 10.0. The van der Waals surface area contributed by atoms with Crippen molar-refractivity contribution in [2.45, 2.75) is 52.1 Å². The fourth-order valence-electron chi connectivity index (χ4n) is 3.87. The molecule has 1 unspecified atom stereocenters. The Hall–Kier alpha value is -1.60. The van der Waals surface area contributed by atoms with Crippen molar-refractivity contribution in [3.05, 3.63) is 17.5 Å². The van der Waals surface area contributed by atoms with Crippen molar-refractivity contribution in [2.75, 3.05) is 32.7 Å². The molecule has 3 rings (SSSR count). The molecule has 1 N–H and O–H groups in total. The Kier molecular flexibility index (Phi) is 6.34. The third kappa shape index (κ3) is 4.04. The van der Waals surface area contributed by atoms with E-state index in [-0.39, 0.29) is 35.8 Å². The van der Waals surface area contributed by atoms with Gasteiger partial charge >= 0.3 is 0 Å². The number of likely N-dealkylation sites (tertiary alicyclic amines) is 1. The monoisotopic (exact) mass is 383 g/mol. The van der Waals surface area contributed by atoms with Gasteiger partial charge in [0.2, 0.25) is 5.91 Å². The van der Waals surface area contributed by atoms with Gasteiger partial charge in [0, 0.05) is 37.9 Å². The molecule has 0 spiro atoms. The molecule has 0 radical (unpaired) electrons. The van der Waals surface area contributed by atoms with Crippen molar-refractivity contribution in [3.63, 3.8) is 0 Å². The Morgan fingerprint density at radius 1 is 1.31 bits per heavy atom. The number of hydrogen-bond donors (Lipinski definition) is 1. The van der Waals surface area contributed by atoms with Gasteiger partial charge in [0.05, 0.1) is 23.8 Å². The van der Waals surface area contributed by atoms with Gasteiger partial charge in [-0.05, 0) is 40.5 Å². The molecular weight excluding hydrogens is 354 g/mol. The highest BCUT2D eigenvalue weighted by Gasteiger charge is 2.33. The summed E-state index contributed by atoms with van der Waals surface area (Å²) in [7, 11) is 0. The van der Waals surface area contributed by atoms with Crippen LogP contribution >= 0.6 is 12.4 Å². The van der Waals surface area contributed by atoms with E-state index in [1.807, 2.05) is 21.4 Å². The van der Waals surface area contributed by atoms with Gasteiger partial charge in [-0.1, -0.05) is 0 Å². The number of hydrogen-bond acceptors (Lipinski definition) is 4. The topological polar surface area (TPSA) is 70.5 Å². The molecule has 0 aromatic carbocycles. The number of rotatable bonds is 2. The van der Waals surface area contributed by atoms with Crippen LogP contribution in [0, 0.1) is 6.92 Å². The second kappa shape index (κ2) is 7.96. The Morgan fingerprint density at radius 3 is 2.65 bits per heavy atom. The second-order valence-electron chi connectivity index (χ2n) is 8.04. The van der Waals surface area contributed by atoms with Crippen LogP contribution in [0.5, 0.6) is 0 Å². The number of amides is 2. The molecule has 3 heterocycles. The van der Waals surface area contributed by atoms with Crippen molar-refractivity contribution < 1.29 is 9.59 Å². The maximum Gasteiger partial charge on any atom is 0.257 e. The van der Waals surface area contributed by atoms with Crippen LogP contribution in [0.2, 0.25) is 0 Å². The van der Waals surface area contributed by atoms with E-state index in [9.17, 15) is 9.59 Å². The van der Waals surface area contributed by atoms with Crippen molar-refractivity contribution in [2.24, 2.45) is 0 Å². The summed E-state index contributed by atoms with van der Waals surface area (Å²) in [4.78, 5) is 29.0. The average molecular weight is 384 g/mol. The molecule has 2 aliphatic rings. The summed E-state index contributed by atoms with van der Waals surface area (Å²) in [6, 6.07) is 0.130. The van der Waals surface area contributed by atoms with Crippen LogP contribution in [0.15, 0.2) is 6.20 Å². The smallest absolute Gasteiger partial charge is 0.257 e. The maximum atomic E-state index is 13.0.